The fraction of sp³-hybridized carbons (Fsp3) is 0.133. The summed E-state index contributed by atoms with van der Waals surface area (Å²) in [7, 11) is 0. The molecule has 0 aromatic heterocycles. The third kappa shape index (κ3) is 1.91. The van der Waals surface area contributed by atoms with Crippen LogP contribution in [0.2, 0.25) is 0 Å². The maximum absolute atomic E-state index is 13.9. The molecule has 20 heavy (non-hydrogen) atoms. The molecule has 0 saturated heterocycles. The molecule has 0 spiro atoms. The molecule has 0 bridgehead atoms. The van der Waals surface area contributed by atoms with Gasteiger partial charge in [0.05, 0.1) is 5.69 Å². The second-order valence-electron chi connectivity index (χ2n) is 4.76. The zero-order valence-corrected chi connectivity index (χ0v) is 10.6. The monoisotopic (exact) mass is 274 g/mol. The smallest absolute Gasteiger partial charge is 0.260 e. The highest BCUT2D eigenvalue weighted by molar-refractivity contribution is 5.96. The highest BCUT2D eigenvalue weighted by atomic mass is 19.1. The molecule has 0 saturated carbocycles. The average molecular weight is 274 g/mol. The molecular formula is C15H12F2N2O. The van der Waals surface area contributed by atoms with E-state index in [1.807, 2.05) is 24.3 Å². The topological polar surface area (TPSA) is 46.3 Å². The minimum absolute atomic E-state index is 0.230. The third-order valence-corrected chi connectivity index (χ3v) is 3.46. The van der Waals surface area contributed by atoms with Crippen molar-refractivity contribution < 1.29 is 13.6 Å². The number of carbonyl (C=O) groups is 1. The summed E-state index contributed by atoms with van der Waals surface area (Å²) in [6.07, 6.45) is 0. The molecule has 2 N–H and O–H groups in total. The number of hydrogen-bond donors (Lipinski definition) is 1. The Bertz CT molecular complexity index is 675. The first-order valence-corrected chi connectivity index (χ1v) is 6.17. The van der Waals surface area contributed by atoms with E-state index < -0.39 is 23.1 Å². The SMILES string of the molecule is Nc1ccc(F)c(C(=O)N2Cc3ccccc3C2)c1F. The summed E-state index contributed by atoms with van der Waals surface area (Å²) >= 11 is 0. The van der Waals surface area contributed by atoms with Crippen LogP contribution in [0.5, 0.6) is 0 Å². The molecule has 2 aromatic carbocycles. The minimum atomic E-state index is -0.994. The molecule has 1 heterocycles. The van der Waals surface area contributed by atoms with Crippen LogP contribution in [0.15, 0.2) is 36.4 Å². The number of benzene rings is 2. The predicted molar refractivity (Wildman–Crippen MR) is 70.8 cm³/mol. The Labute approximate surface area is 114 Å². The number of amides is 1. The summed E-state index contributed by atoms with van der Waals surface area (Å²) in [5, 5.41) is 0. The van der Waals surface area contributed by atoms with Crippen molar-refractivity contribution in [1.29, 1.82) is 0 Å². The lowest BCUT2D eigenvalue weighted by atomic mass is 10.1. The van der Waals surface area contributed by atoms with Gasteiger partial charge >= 0.3 is 0 Å². The molecule has 1 aliphatic rings. The number of nitrogens with two attached hydrogens (primary N) is 1. The van der Waals surface area contributed by atoms with Crippen LogP contribution in [0.1, 0.15) is 21.5 Å². The van der Waals surface area contributed by atoms with Crippen LogP contribution in [0.25, 0.3) is 0 Å². The van der Waals surface area contributed by atoms with E-state index in [1.54, 1.807) is 0 Å². The first-order chi connectivity index (χ1) is 9.58. The number of carbonyl (C=O) groups excluding carboxylic acids is 1. The third-order valence-electron chi connectivity index (χ3n) is 3.46. The Morgan fingerprint density at radius 3 is 2.25 bits per heavy atom. The Hall–Kier alpha value is -2.43. The average Bonchev–Trinajstić information content (AvgIpc) is 2.87. The number of halogens is 2. The van der Waals surface area contributed by atoms with Gasteiger partial charge in [-0.1, -0.05) is 24.3 Å². The molecule has 1 aliphatic heterocycles. The second-order valence-corrected chi connectivity index (χ2v) is 4.76. The lowest BCUT2D eigenvalue weighted by molar-refractivity contribution is 0.0741. The molecule has 102 valence electrons. The highest BCUT2D eigenvalue weighted by Crippen LogP contribution is 2.27. The Morgan fingerprint density at radius 1 is 1.05 bits per heavy atom. The first kappa shape index (κ1) is 12.6. The Kier molecular flexibility index (Phi) is 2.89. The van der Waals surface area contributed by atoms with Gasteiger partial charge in [0.15, 0.2) is 5.82 Å². The van der Waals surface area contributed by atoms with Crippen LogP contribution in [-0.2, 0) is 13.1 Å². The summed E-state index contributed by atoms with van der Waals surface area (Å²) in [5.74, 6) is -2.56. The van der Waals surface area contributed by atoms with E-state index in [2.05, 4.69) is 0 Å². The lowest BCUT2D eigenvalue weighted by Gasteiger charge is -2.16. The van der Waals surface area contributed by atoms with Gasteiger partial charge in [0.25, 0.3) is 5.91 Å². The van der Waals surface area contributed by atoms with Gasteiger partial charge in [-0.3, -0.25) is 4.79 Å². The van der Waals surface area contributed by atoms with Gasteiger partial charge < -0.3 is 10.6 Å². The van der Waals surface area contributed by atoms with Crippen LogP contribution < -0.4 is 5.73 Å². The van der Waals surface area contributed by atoms with Crippen molar-refractivity contribution in [3.05, 3.63) is 64.7 Å². The quantitative estimate of drug-likeness (QED) is 0.813. The van der Waals surface area contributed by atoms with Gasteiger partial charge in [0.1, 0.15) is 11.4 Å². The molecule has 5 heteroatoms. The number of nitrogen functional groups attached to an aromatic ring is 1. The molecule has 0 fully saturated rings. The zero-order valence-electron chi connectivity index (χ0n) is 10.6. The Morgan fingerprint density at radius 2 is 1.65 bits per heavy atom. The van der Waals surface area contributed by atoms with E-state index in [-0.39, 0.29) is 5.69 Å². The van der Waals surface area contributed by atoms with Gasteiger partial charge in [-0.2, -0.15) is 0 Å². The Balaban J connectivity index is 1.95. The van der Waals surface area contributed by atoms with Crippen molar-refractivity contribution in [2.45, 2.75) is 13.1 Å². The predicted octanol–water partition coefficient (Wildman–Crippen LogP) is 2.70. The number of fused-ring (bicyclic) bond motifs is 1. The van der Waals surface area contributed by atoms with Crippen molar-refractivity contribution in [1.82, 2.24) is 4.90 Å². The second kappa shape index (κ2) is 4.59. The largest absolute Gasteiger partial charge is 0.396 e. The van der Waals surface area contributed by atoms with Crippen LogP contribution in [0, 0.1) is 11.6 Å². The number of anilines is 1. The molecule has 3 rings (SSSR count). The molecule has 3 nitrogen and oxygen atoms in total. The molecule has 0 unspecified atom stereocenters. The number of nitrogens with zero attached hydrogens (tertiary/aromatic N) is 1. The molecule has 0 radical (unpaired) electrons. The van der Waals surface area contributed by atoms with Crippen LogP contribution in [-0.4, -0.2) is 10.8 Å². The van der Waals surface area contributed by atoms with Crippen molar-refractivity contribution in [3.8, 4) is 0 Å². The fourth-order valence-electron chi connectivity index (χ4n) is 2.40. The fourth-order valence-corrected chi connectivity index (χ4v) is 2.40. The zero-order chi connectivity index (χ0) is 14.3. The van der Waals surface area contributed by atoms with Gasteiger partial charge in [-0.15, -0.1) is 0 Å². The normalized spacial score (nSPS) is 13.4. The summed E-state index contributed by atoms with van der Waals surface area (Å²) < 4.78 is 27.6. The summed E-state index contributed by atoms with van der Waals surface area (Å²) in [6.45, 7) is 0.700. The van der Waals surface area contributed by atoms with Crippen LogP contribution in [0.4, 0.5) is 14.5 Å². The van der Waals surface area contributed by atoms with Gasteiger partial charge in [-0.25, -0.2) is 8.78 Å². The van der Waals surface area contributed by atoms with Gasteiger partial charge in [-0.05, 0) is 23.3 Å². The number of rotatable bonds is 1. The van der Waals surface area contributed by atoms with Gasteiger partial charge in [0.2, 0.25) is 0 Å². The van der Waals surface area contributed by atoms with E-state index >= 15 is 0 Å². The number of hydrogen-bond acceptors (Lipinski definition) is 2. The van der Waals surface area contributed by atoms with Crippen LogP contribution in [0.3, 0.4) is 0 Å². The molecule has 2 aromatic rings. The van der Waals surface area contributed by atoms with E-state index in [9.17, 15) is 13.6 Å². The maximum atomic E-state index is 13.9. The summed E-state index contributed by atoms with van der Waals surface area (Å²) in [5.41, 5.74) is 6.56. The molecule has 0 aliphatic carbocycles. The standard InChI is InChI=1S/C15H12F2N2O/c16-11-5-6-12(18)14(17)13(11)15(20)19-7-9-3-1-2-4-10(9)8-19/h1-6H,7-8,18H2. The van der Waals surface area contributed by atoms with E-state index in [1.165, 1.54) is 4.90 Å². The van der Waals surface area contributed by atoms with E-state index in [0.717, 1.165) is 23.3 Å². The van der Waals surface area contributed by atoms with E-state index in [0.29, 0.717) is 13.1 Å². The highest BCUT2D eigenvalue weighted by Gasteiger charge is 2.28. The minimum Gasteiger partial charge on any atom is -0.396 e. The molecular weight excluding hydrogens is 262 g/mol. The van der Waals surface area contributed by atoms with Crippen LogP contribution >= 0.6 is 0 Å². The lowest BCUT2D eigenvalue weighted by Crippen LogP contribution is -2.27. The molecule has 1 amide bonds. The van der Waals surface area contributed by atoms with Crippen molar-refractivity contribution in [3.63, 3.8) is 0 Å². The summed E-state index contributed by atoms with van der Waals surface area (Å²) in [4.78, 5) is 13.7. The van der Waals surface area contributed by atoms with Crippen molar-refractivity contribution in [2.75, 3.05) is 5.73 Å². The van der Waals surface area contributed by atoms with Crippen molar-refractivity contribution in [2.24, 2.45) is 0 Å². The van der Waals surface area contributed by atoms with Gasteiger partial charge in [0, 0.05) is 13.1 Å². The van der Waals surface area contributed by atoms with E-state index in [4.69, 9.17) is 5.73 Å². The van der Waals surface area contributed by atoms with Crippen molar-refractivity contribution >= 4 is 11.6 Å². The maximum Gasteiger partial charge on any atom is 0.260 e. The first-order valence-electron chi connectivity index (χ1n) is 6.17. The summed E-state index contributed by atoms with van der Waals surface area (Å²) in [6, 6.07) is 9.65. The molecule has 0 atom stereocenters.